The van der Waals surface area contributed by atoms with Crippen molar-refractivity contribution in [3.05, 3.63) is 71.8 Å². The summed E-state index contributed by atoms with van der Waals surface area (Å²) < 4.78 is 8.31. The number of hydrogen-bond acceptors (Lipinski definition) is 5. The van der Waals surface area contributed by atoms with Crippen LogP contribution in [0.3, 0.4) is 0 Å². The molecular weight excluding hydrogens is 516 g/mol. The number of nitrogens with one attached hydrogen (secondary N) is 1. The van der Waals surface area contributed by atoms with Gasteiger partial charge in [0.15, 0.2) is 5.11 Å². The maximum atomic E-state index is 6.57. The van der Waals surface area contributed by atoms with Gasteiger partial charge in [0.25, 0.3) is 0 Å². The molecule has 3 aromatic rings. The number of aromatic nitrogens is 3. The van der Waals surface area contributed by atoms with E-state index < -0.39 is 6.23 Å². The Balaban J connectivity index is 1.61. The van der Waals surface area contributed by atoms with E-state index in [0.29, 0.717) is 15.9 Å². The summed E-state index contributed by atoms with van der Waals surface area (Å²) in [4.78, 5) is 12.0. The van der Waals surface area contributed by atoms with Crippen molar-refractivity contribution in [2.45, 2.75) is 77.6 Å². The third-order valence-corrected chi connectivity index (χ3v) is 8.06. The van der Waals surface area contributed by atoms with Crippen molar-refractivity contribution in [1.29, 1.82) is 0 Å². The van der Waals surface area contributed by atoms with Crippen molar-refractivity contribution in [1.82, 2.24) is 20.1 Å². The molecule has 1 saturated heterocycles. The van der Waals surface area contributed by atoms with E-state index >= 15 is 0 Å². The molecular formula is C29H35ClN6OS. The number of aryl methyl sites for hydroxylation is 1. The molecule has 2 fully saturated rings. The van der Waals surface area contributed by atoms with E-state index in [1.165, 1.54) is 18.3 Å². The highest BCUT2D eigenvalue weighted by atomic mass is 35.5. The van der Waals surface area contributed by atoms with E-state index in [0.717, 1.165) is 37.2 Å². The predicted octanol–water partition coefficient (Wildman–Crippen LogP) is 6.73. The van der Waals surface area contributed by atoms with E-state index in [1.807, 2.05) is 24.3 Å². The lowest BCUT2D eigenvalue weighted by atomic mass is 9.79. The van der Waals surface area contributed by atoms with Crippen molar-refractivity contribution in [3.63, 3.8) is 0 Å². The second-order valence-corrected chi connectivity index (χ2v) is 12.1. The van der Waals surface area contributed by atoms with Crippen LogP contribution in [0.25, 0.3) is 0 Å². The average Bonchev–Trinajstić information content (AvgIpc) is 3.50. The SMILES string of the molecule is Cc1ccccc1N1C(=S)NC(=NC(C(Oc2ccc(Cl)cc2)n2cncn2)C(C)(C)C)C12CCCCC2. The van der Waals surface area contributed by atoms with Gasteiger partial charge in [0.2, 0.25) is 6.23 Å². The van der Waals surface area contributed by atoms with Gasteiger partial charge in [0, 0.05) is 10.7 Å². The molecule has 0 bridgehead atoms. The van der Waals surface area contributed by atoms with Gasteiger partial charge in [-0.2, -0.15) is 5.10 Å². The summed E-state index contributed by atoms with van der Waals surface area (Å²) in [6.45, 7) is 8.67. The molecule has 7 nitrogen and oxygen atoms in total. The summed E-state index contributed by atoms with van der Waals surface area (Å²) >= 11 is 12.1. The Morgan fingerprint density at radius 2 is 1.79 bits per heavy atom. The molecule has 2 atom stereocenters. The molecule has 1 spiro atoms. The van der Waals surface area contributed by atoms with Crippen molar-refractivity contribution >= 4 is 40.5 Å². The molecule has 200 valence electrons. The molecule has 0 amide bonds. The number of hydrogen-bond donors (Lipinski definition) is 1. The lowest BCUT2D eigenvalue weighted by Gasteiger charge is -2.42. The Hall–Kier alpha value is -2.97. The molecule has 5 rings (SSSR count). The van der Waals surface area contributed by atoms with Crippen LogP contribution in [0.4, 0.5) is 5.69 Å². The highest BCUT2D eigenvalue weighted by Gasteiger charge is 2.51. The smallest absolute Gasteiger partial charge is 0.215 e. The summed E-state index contributed by atoms with van der Waals surface area (Å²) in [5, 5.41) is 9.37. The normalized spacial score (nSPS) is 20.0. The van der Waals surface area contributed by atoms with Crippen LogP contribution in [0.5, 0.6) is 5.75 Å². The van der Waals surface area contributed by atoms with Crippen LogP contribution < -0.4 is 15.0 Å². The lowest BCUT2D eigenvalue weighted by Crippen LogP contribution is -2.52. The van der Waals surface area contributed by atoms with Crippen LogP contribution in [-0.4, -0.2) is 37.3 Å². The number of halogens is 1. The zero-order chi connectivity index (χ0) is 26.9. The molecule has 2 heterocycles. The van der Waals surface area contributed by atoms with Crippen LogP contribution >= 0.6 is 23.8 Å². The maximum absolute atomic E-state index is 6.57. The number of nitrogens with zero attached hydrogens (tertiary/aromatic N) is 5. The highest BCUT2D eigenvalue weighted by molar-refractivity contribution is 7.80. The number of para-hydroxylation sites is 1. The monoisotopic (exact) mass is 550 g/mol. The number of thiocarbonyl (C=S) groups is 1. The first-order valence-electron chi connectivity index (χ1n) is 13.2. The first kappa shape index (κ1) is 26.6. The van der Waals surface area contributed by atoms with E-state index in [4.69, 9.17) is 33.5 Å². The molecule has 2 unspecified atom stereocenters. The molecule has 1 saturated carbocycles. The largest absolute Gasteiger partial charge is 0.466 e. The van der Waals surface area contributed by atoms with Gasteiger partial charge < -0.3 is 15.0 Å². The predicted molar refractivity (Wildman–Crippen MR) is 157 cm³/mol. The Labute approximate surface area is 235 Å². The molecule has 2 aliphatic rings. The van der Waals surface area contributed by atoms with Gasteiger partial charge >= 0.3 is 0 Å². The van der Waals surface area contributed by atoms with Gasteiger partial charge in [0.05, 0.1) is 0 Å². The molecule has 2 aromatic carbocycles. The van der Waals surface area contributed by atoms with Crippen molar-refractivity contribution in [2.24, 2.45) is 10.4 Å². The van der Waals surface area contributed by atoms with E-state index in [-0.39, 0.29) is 17.0 Å². The molecule has 1 N–H and O–H groups in total. The van der Waals surface area contributed by atoms with Crippen LogP contribution in [0.15, 0.2) is 66.2 Å². The first-order chi connectivity index (χ1) is 18.2. The number of benzene rings is 2. The minimum atomic E-state index is -0.533. The summed E-state index contributed by atoms with van der Waals surface area (Å²) in [5.41, 5.74) is 1.74. The van der Waals surface area contributed by atoms with Gasteiger partial charge in [-0.05, 0) is 73.3 Å². The summed E-state index contributed by atoms with van der Waals surface area (Å²) in [6.07, 6.45) is 8.10. The minimum Gasteiger partial charge on any atom is -0.466 e. The second kappa shape index (κ2) is 10.7. The zero-order valence-electron chi connectivity index (χ0n) is 22.4. The van der Waals surface area contributed by atoms with Gasteiger partial charge in [-0.3, -0.25) is 4.99 Å². The van der Waals surface area contributed by atoms with Crippen molar-refractivity contribution < 1.29 is 4.74 Å². The lowest BCUT2D eigenvalue weighted by molar-refractivity contribution is 0.0469. The van der Waals surface area contributed by atoms with Crippen LogP contribution in [0.1, 0.15) is 64.7 Å². The van der Waals surface area contributed by atoms with Gasteiger partial charge in [-0.1, -0.05) is 69.8 Å². The fourth-order valence-corrected chi connectivity index (χ4v) is 6.06. The zero-order valence-corrected chi connectivity index (χ0v) is 24.0. The number of ether oxygens (including phenoxy) is 1. The summed E-state index contributed by atoms with van der Waals surface area (Å²) in [6, 6.07) is 15.5. The van der Waals surface area contributed by atoms with E-state index in [1.54, 1.807) is 11.0 Å². The molecule has 1 aliphatic carbocycles. The Morgan fingerprint density at radius 1 is 1.08 bits per heavy atom. The van der Waals surface area contributed by atoms with E-state index in [2.05, 4.69) is 72.3 Å². The summed E-state index contributed by atoms with van der Waals surface area (Å²) in [5.74, 6) is 1.60. The average molecular weight is 551 g/mol. The Morgan fingerprint density at radius 3 is 2.42 bits per heavy atom. The third-order valence-electron chi connectivity index (χ3n) is 7.53. The van der Waals surface area contributed by atoms with E-state index in [9.17, 15) is 0 Å². The minimum absolute atomic E-state index is 0.273. The van der Waals surface area contributed by atoms with Crippen LogP contribution in [-0.2, 0) is 0 Å². The van der Waals surface area contributed by atoms with Gasteiger partial charge in [-0.25, -0.2) is 9.67 Å². The quantitative estimate of drug-likeness (QED) is 0.343. The van der Waals surface area contributed by atoms with Gasteiger partial charge in [0.1, 0.15) is 35.8 Å². The highest BCUT2D eigenvalue weighted by Crippen LogP contribution is 2.43. The number of anilines is 1. The molecule has 1 aromatic heterocycles. The van der Waals surface area contributed by atoms with Crippen LogP contribution in [0.2, 0.25) is 5.02 Å². The van der Waals surface area contributed by atoms with Gasteiger partial charge in [-0.15, -0.1) is 0 Å². The van der Waals surface area contributed by atoms with Crippen LogP contribution in [0, 0.1) is 12.3 Å². The fraction of sp³-hybridized carbons (Fsp3) is 0.448. The standard InChI is InChI=1S/C29H35ClN6OS/c1-20-10-6-7-11-23(20)36-27(38)34-26(29(36)16-8-5-9-17-29)33-24(28(2,3)4)25(35-19-31-18-32-35)37-22-14-12-21(30)13-15-22/h6-7,10-15,18-19,24-25H,5,8-9,16-17H2,1-4H3,(H,33,34,38). The molecule has 9 heteroatoms. The third kappa shape index (κ3) is 5.16. The van der Waals surface area contributed by atoms with Crippen molar-refractivity contribution in [2.75, 3.05) is 4.90 Å². The summed E-state index contributed by atoms with van der Waals surface area (Å²) in [7, 11) is 0. The first-order valence-corrected chi connectivity index (χ1v) is 14.0. The second-order valence-electron chi connectivity index (χ2n) is 11.3. The Bertz CT molecular complexity index is 1300. The Kier molecular flexibility index (Phi) is 7.47. The molecule has 0 radical (unpaired) electrons. The fourth-order valence-electron chi connectivity index (χ4n) is 5.57. The van der Waals surface area contributed by atoms with Crippen molar-refractivity contribution in [3.8, 4) is 5.75 Å². The number of rotatable bonds is 6. The molecule has 1 aliphatic heterocycles. The number of aliphatic imine (C=N–C) groups is 1. The maximum Gasteiger partial charge on any atom is 0.215 e. The topological polar surface area (TPSA) is 67.6 Å². The molecule has 38 heavy (non-hydrogen) atoms. The number of amidine groups is 1.